The summed E-state index contributed by atoms with van der Waals surface area (Å²) in [6, 6.07) is 5.97. The first-order valence-electron chi connectivity index (χ1n) is 11.6. The molecule has 3 rings (SSSR count). The van der Waals surface area contributed by atoms with Crippen molar-refractivity contribution < 1.29 is 19.1 Å². The standard InChI is InChI=1S/C24H37N3O4/c1-17(2)25-23(28)16-31-21-11-10-18(14-22(21)30-3)24(29)26-19-12-13-27(15-19)20-8-6-4-5-7-9-20/h10-11,14,17,19-20H,4-9,12-13,15-16H2,1-3H3,(H,25,28)(H,26,29). The second-order valence-electron chi connectivity index (χ2n) is 8.98. The molecular formula is C24H37N3O4. The Morgan fingerprint density at radius 2 is 1.84 bits per heavy atom. The molecule has 1 heterocycles. The highest BCUT2D eigenvalue weighted by atomic mass is 16.5. The minimum atomic E-state index is -0.196. The second kappa shape index (κ2) is 11.4. The van der Waals surface area contributed by atoms with Gasteiger partial charge in [0.1, 0.15) is 0 Å². The molecule has 2 N–H and O–H groups in total. The fraction of sp³-hybridized carbons (Fsp3) is 0.667. The van der Waals surface area contributed by atoms with Crippen LogP contribution in [0.1, 0.15) is 69.2 Å². The SMILES string of the molecule is COc1cc(C(=O)NC2CCN(C3CCCCCC3)C2)ccc1OCC(=O)NC(C)C. The zero-order valence-electron chi connectivity index (χ0n) is 19.1. The van der Waals surface area contributed by atoms with E-state index in [0.29, 0.717) is 23.1 Å². The Balaban J connectivity index is 1.53. The van der Waals surface area contributed by atoms with Crippen molar-refractivity contribution in [3.63, 3.8) is 0 Å². The molecule has 1 atom stereocenters. The van der Waals surface area contributed by atoms with Crippen molar-refractivity contribution >= 4 is 11.8 Å². The van der Waals surface area contributed by atoms with Gasteiger partial charge in [-0.05, 0) is 51.3 Å². The van der Waals surface area contributed by atoms with E-state index >= 15 is 0 Å². The average Bonchev–Trinajstić information content (AvgIpc) is 3.03. The summed E-state index contributed by atoms with van der Waals surface area (Å²) in [6.07, 6.45) is 8.93. The maximum absolute atomic E-state index is 12.8. The first kappa shape index (κ1) is 23.4. The van der Waals surface area contributed by atoms with Crippen molar-refractivity contribution in [2.45, 2.75) is 76.9 Å². The van der Waals surface area contributed by atoms with E-state index in [-0.39, 0.29) is 30.5 Å². The predicted molar refractivity (Wildman–Crippen MR) is 121 cm³/mol. The number of nitrogens with zero attached hydrogens (tertiary/aromatic N) is 1. The molecule has 7 heteroatoms. The van der Waals surface area contributed by atoms with E-state index < -0.39 is 0 Å². The van der Waals surface area contributed by atoms with E-state index in [1.54, 1.807) is 18.2 Å². The van der Waals surface area contributed by atoms with Gasteiger partial charge in [-0.3, -0.25) is 14.5 Å². The monoisotopic (exact) mass is 431 g/mol. The molecule has 0 aromatic heterocycles. The summed E-state index contributed by atoms with van der Waals surface area (Å²) >= 11 is 0. The number of rotatable bonds is 8. The quantitative estimate of drug-likeness (QED) is 0.618. The van der Waals surface area contributed by atoms with Gasteiger partial charge in [0.25, 0.3) is 11.8 Å². The Morgan fingerprint density at radius 3 is 2.52 bits per heavy atom. The molecule has 2 fully saturated rings. The largest absolute Gasteiger partial charge is 0.493 e. The molecule has 0 bridgehead atoms. The van der Waals surface area contributed by atoms with Crippen LogP contribution in [0, 0.1) is 0 Å². The molecule has 1 unspecified atom stereocenters. The molecule has 2 amide bonds. The third-order valence-corrected chi connectivity index (χ3v) is 6.13. The zero-order valence-corrected chi connectivity index (χ0v) is 19.1. The molecule has 1 saturated carbocycles. The predicted octanol–water partition coefficient (Wildman–Crippen LogP) is 3.13. The van der Waals surface area contributed by atoms with Crippen LogP contribution in [0.4, 0.5) is 0 Å². The Morgan fingerprint density at radius 1 is 1.10 bits per heavy atom. The van der Waals surface area contributed by atoms with Crippen molar-refractivity contribution in [1.29, 1.82) is 0 Å². The number of benzene rings is 1. The van der Waals surface area contributed by atoms with E-state index in [1.807, 2.05) is 13.8 Å². The number of carbonyl (C=O) groups is 2. The van der Waals surface area contributed by atoms with Crippen LogP contribution in [0.2, 0.25) is 0 Å². The highest BCUT2D eigenvalue weighted by Gasteiger charge is 2.29. The van der Waals surface area contributed by atoms with Crippen LogP contribution < -0.4 is 20.1 Å². The molecule has 31 heavy (non-hydrogen) atoms. The van der Waals surface area contributed by atoms with Gasteiger partial charge in [0.05, 0.1) is 7.11 Å². The summed E-state index contributed by atoms with van der Waals surface area (Å²) in [7, 11) is 1.53. The molecule has 1 aliphatic heterocycles. The maximum atomic E-state index is 12.8. The van der Waals surface area contributed by atoms with Crippen molar-refractivity contribution in [3.05, 3.63) is 23.8 Å². The summed E-state index contributed by atoms with van der Waals surface area (Å²) < 4.78 is 11.0. The van der Waals surface area contributed by atoms with E-state index in [4.69, 9.17) is 9.47 Å². The minimum absolute atomic E-state index is 0.0538. The minimum Gasteiger partial charge on any atom is -0.493 e. The summed E-state index contributed by atoms with van der Waals surface area (Å²) in [4.78, 5) is 27.2. The number of likely N-dealkylation sites (tertiary alicyclic amines) is 1. The van der Waals surface area contributed by atoms with Gasteiger partial charge in [0, 0.05) is 36.8 Å². The van der Waals surface area contributed by atoms with Gasteiger partial charge in [0.2, 0.25) is 0 Å². The summed E-state index contributed by atoms with van der Waals surface area (Å²) in [6.45, 7) is 5.68. The molecule has 2 aliphatic rings. The Labute approximate surface area is 185 Å². The van der Waals surface area contributed by atoms with E-state index in [1.165, 1.54) is 45.6 Å². The fourth-order valence-electron chi connectivity index (χ4n) is 4.56. The normalized spacial score (nSPS) is 20.3. The first-order chi connectivity index (χ1) is 15.0. The smallest absolute Gasteiger partial charge is 0.258 e. The number of ether oxygens (including phenoxy) is 2. The zero-order chi connectivity index (χ0) is 22.2. The summed E-state index contributed by atoms with van der Waals surface area (Å²) in [5.74, 6) is 0.586. The van der Waals surface area contributed by atoms with Crippen LogP contribution in [-0.2, 0) is 4.79 Å². The molecule has 1 aliphatic carbocycles. The number of carbonyl (C=O) groups excluding carboxylic acids is 2. The van der Waals surface area contributed by atoms with Crippen molar-refractivity contribution in [3.8, 4) is 11.5 Å². The summed E-state index contributed by atoms with van der Waals surface area (Å²) in [5, 5.41) is 5.96. The molecule has 1 aromatic carbocycles. The van der Waals surface area contributed by atoms with Crippen molar-refractivity contribution in [2.75, 3.05) is 26.8 Å². The molecule has 1 aromatic rings. The van der Waals surface area contributed by atoms with Gasteiger partial charge in [0.15, 0.2) is 18.1 Å². The summed E-state index contributed by atoms with van der Waals surface area (Å²) in [5.41, 5.74) is 0.531. The van der Waals surface area contributed by atoms with Gasteiger partial charge < -0.3 is 20.1 Å². The first-order valence-corrected chi connectivity index (χ1v) is 11.6. The average molecular weight is 432 g/mol. The lowest BCUT2D eigenvalue weighted by Crippen LogP contribution is -2.39. The molecule has 1 saturated heterocycles. The van der Waals surface area contributed by atoms with Crippen LogP contribution in [0.5, 0.6) is 11.5 Å². The lowest BCUT2D eigenvalue weighted by atomic mass is 10.1. The number of hydrogen-bond acceptors (Lipinski definition) is 5. The van der Waals surface area contributed by atoms with Crippen LogP contribution in [-0.4, -0.2) is 61.6 Å². The van der Waals surface area contributed by atoms with Gasteiger partial charge in [-0.15, -0.1) is 0 Å². The molecule has 7 nitrogen and oxygen atoms in total. The van der Waals surface area contributed by atoms with Gasteiger partial charge in [-0.25, -0.2) is 0 Å². The topological polar surface area (TPSA) is 79.9 Å². The molecule has 0 spiro atoms. The van der Waals surface area contributed by atoms with Gasteiger partial charge in [-0.1, -0.05) is 25.7 Å². The van der Waals surface area contributed by atoms with E-state index in [9.17, 15) is 9.59 Å². The second-order valence-corrected chi connectivity index (χ2v) is 8.98. The number of amides is 2. The number of methoxy groups -OCH3 is 1. The highest BCUT2D eigenvalue weighted by Crippen LogP contribution is 2.29. The van der Waals surface area contributed by atoms with Crippen LogP contribution >= 0.6 is 0 Å². The van der Waals surface area contributed by atoms with Gasteiger partial charge >= 0.3 is 0 Å². The molecule has 0 radical (unpaired) electrons. The third-order valence-electron chi connectivity index (χ3n) is 6.13. The Hall–Kier alpha value is -2.28. The van der Waals surface area contributed by atoms with Crippen LogP contribution in [0.15, 0.2) is 18.2 Å². The van der Waals surface area contributed by atoms with Gasteiger partial charge in [-0.2, -0.15) is 0 Å². The highest BCUT2D eigenvalue weighted by molar-refractivity contribution is 5.95. The molecular weight excluding hydrogens is 394 g/mol. The van der Waals surface area contributed by atoms with Crippen LogP contribution in [0.25, 0.3) is 0 Å². The Bertz CT molecular complexity index is 744. The van der Waals surface area contributed by atoms with E-state index in [0.717, 1.165) is 19.5 Å². The van der Waals surface area contributed by atoms with E-state index in [2.05, 4.69) is 15.5 Å². The van der Waals surface area contributed by atoms with Crippen molar-refractivity contribution in [2.24, 2.45) is 0 Å². The maximum Gasteiger partial charge on any atom is 0.258 e. The lowest BCUT2D eigenvalue weighted by molar-refractivity contribution is -0.123. The van der Waals surface area contributed by atoms with Crippen molar-refractivity contribution in [1.82, 2.24) is 15.5 Å². The molecule has 172 valence electrons. The third kappa shape index (κ3) is 6.86. The van der Waals surface area contributed by atoms with Crippen LogP contribution in [0.3, 0.4) is 0 Å². The number of hydrogen-bond donors (Lipinski definition) is 2. The number of nitrogens with one attached hydrogen (secondary N) is 2. The fourth-order valence-corrected chi connectivity index (χ4v) is 4.56. The Kier molecular flexibility index (Phi) is 8.58. The lowest BCUT2D eigenvalue weighted by Gasteiger charge is -2.26.